The van der Waals surface area contributed by atoms with Crippen molar-refractivity contribution < 1.29 is 0 Å². The summed E-state index contributed by atoms with van der Waals surface area (Å²) in [7, 11) is 0. The first-order valence-electron chi connectivity index (χ1n) is 8.80. The Morgan fingerprint density at radius 1 is 0.929 bits per heavy atom. The normalized spacial score (nSPS) is 11.5. The maximum atomic E-state index is 6.07. The van der Waals surface area contributed by atoms with Crippen LogP contribution in [0.4, 0.5) is 17.5 Å². The zero-order valence-electron chi connectivity index (χ0n) is 14.7. The fraction of sp³-hybridized carbons (Fsp3) is 0.0476. The van der Waals surface area contributed by atoms with E-state index in [2.05, 4.69) is 25.6 Å². The van der Waals surface area contributed by atoms with Gasteiger partial charge >= 0.3 is 0 Å². The predicted molar refractivity (Wildman–Crippen MR) is 111 cm³/mol. The lowest BCUT2D eigenvalue weighted by Crippen LogP contribution is -2.05. The molecule has 0 saturated heterocycles. The van der Waals surface area contributed by atoms with Gasteiger partial charge in [0.05, 0.1) is 17.6 Å². The van der Waals surface area contributed by atoms with Crippen LogP contribution in [-0.4, -0.2) is 19.9 Å². The maximum Gasteiger partial charge on any atom is 0.223 e. The topological polar surface area (TPSA) is 75.6 Å². The molecule has 5 rings (SSSR count). The summed E-state index contributed by atoms with van der Waals surface area (Å²) in [6.45, 7) is 0.581. The largest absolute Gasteiger partial charge is 0.350 e. The van der Waals surface area contributed by atoms with Crippen molar-refractivity contribution in [3.63, 3.8) is 0 Å². The van der Waals surface area contributed by atoms with Gasteiger partial charge in [0, 0.05) is 46.8 Å². The number of halogens is 1. The molecule has 0 aliphatic carbocycles. The Hall–Kier alpha value is -3.51. The lowest BCUT2D eigenvalue weighted by Gasteiger charge is -2.11. The Bertz CT molecular complexity index is 1180. The van der Waals surface area contributed by atoms with Crippen molar-refractivity contribution in [1.29, 1.82) is 0 Å². The highest BCUT2D eigenvalue weighted by molar-refractivity contribution is 6.30. The molecule has 0 spiro atoms. The third-order valence-corrected chi connectivity index (χ3v) is 4.79. The first-order valence-corrected chi connectivity index (χ1v) is 9.18. The lowest BCUT2D eigenvalue weighted by atomic mass is 10.0. The number of nitrogens with zero attached hydrogens (tertiary/aromatic N) is 4. The van der Waals surface area contributed by atoms with Crippen molar-refractivity contribution in [3.8, 4) is 22.4 Å². The third-order valence-electron chi connectivity index (χ3n) is 4.56. The predicted octanol–water partition coefficient (Wildman–Crippen LogP) is 4.92. The second kappa shape index (κ2) is 6.90. The molecule has 3 aromatic heterocycles. The average molecular weight is 387 g/mol. The van der Waals surface area contributed by atoms with Gasteiger partial charge in [-0.1, -0.05) is 23.7 Å². The van der Waals surface area contributed by atoms with Crippen LogP contribution in [0.25, 0.3) is 22.4 Å². The molecule has 0 amide bonds. The van der Waals surface area contributed by atoms with Gasteiger partial charge in [0.2, 0.25) is 5.95 Å². The maximum absolute atomic E-state index is 6.07. The molecule has 0 bridgehead atoms. The number of aromatic nitrogens is 4. The van der Waals surface area contributed by atoms with Crippen LogP contribution in [-0.2, 0) is 6.54 Å². The highest BCUT2D eigenvalue weighted by Gasteiger charge is 2.21. The summed E-state index contributed by atoms with van der Waals surface area (Å²) in [4.78, 5) is 18.0. The number of hydrogen-bond donors (Lipinski definition) is 2. The Morgan fingerprint density at radius 2 is 1.89 bits per heavy atom. The van der Waals surface area contributed by atoms with E-state index in [1.54, 1.807) is 18.6 Å². The highest BCUT2D eigenvalue weighted by Crippen LogP contribution is 2.41. The van der Waals surface area contributed by atoms with E-state index in [1.165, 1.54) is 0 Å². The summed E-state index contributed by atoms with van der Waals surface area (Å²) in [6, 6.07) is 13.6. The molecular formula is C21H15ClN6. The molecule has 0 radical (unpaired) electrons. The van der Waals surface area contributed by atoms with Crippen molar-refractivity contribution in [2.75, 3.05) is 10.6 Å². The monoisotopic (exact) mass is 386 g/mol. The molecule has 6 nitrogen and oxygen atoms in total. The van der Waals surface area contributed by atoms with E-state index in [9.17, 15) is 0 Å². The van der Waals surface area contributed by atoms with Crippen molar-refractivity contribution in [3.05, 3.63) is 77.8 Å². The quantitative estimate of drug-likeness (QED) is 0.458. The number of pyridine rings is 2. The molecule has 2 N–H and O–H groups in total. The molecule has 136 valence electrons. The minimum absolute atomic E-state index is 0.547. The minimum Gasteiger partial charge on any atom is -0.350 e. The number of benzene rings is 1. The molecule has 1 aromatic carbocycles. The molecule has 7 heteroatoms. The molecule has 1 aliphatic rings. The highest BCUT2D eigenvalue weighted by atomic mass is 35.5. The molecule has 1 aliphatic heterocycles. The summed E-state index contributed by atoms with van der Waals surface area (Å²) >= 11 is 6.07. The molecule has 28 heavy (non-hydrogen) atoms. The van der Waals surface area contributed by atoms with Crippen molar-refractivity contribution in [1.82, 2.24) is 19.9 Å². The van der Waals surface area contributed by atoms with Gasteiger partial charge in [0.1, 0.15) is 5.82 Å². The Morgan fingerprint density at radius 3 is 2.82 bits per heavy atom. The van der Waals surface area contributed by atoms with E-state index in [1.807, 2.05) is 48.7 Å². The van der Waals surface area contributed by atoms with Gasteiger partial charge in [-0.2, -0.15) is 0 Å². The van der Waals surface area contributed by atoms with Crippen molar-refractivity contribution in [2.45, 2.75) is 6.54 Å². The van der Waals surface area contributed by atoms with Crippen molar-refractivity contribution >= 4 is 29.1 Å². The Balaban J connectivity index is 1.57. The molecule has 0 fully saturated rings. The summed E-state index contributed by atoms with van der Waals surface area (Å²) in [5, 5.41) is 7.34. The van der Waals surface area contributed by atoms with Crippen LogP contribution in [0.5, 0.6) is 0 Å². The van der Waals surface area contributed by atoms with Crippen LogP contribution in [0.1, 0.15) is 5.56 Å². The Kier molecular flexibility index (Phi) is 4.10. The number of nitrogens with one attached hydrogen (secondary N) is 2. The first-order chi connectivity index (χ1) is 13.8. The van der Waals surface area contributed by atoms with Crippen LogP contribution in [0.3, 0.4) is 0 Å². The van der Waals surface area contributed by atoms with Crippen LogP contribution in [0, 0.1) is 0 Å². The SMILES string of the molecule is Clc1cccc(CNc2ncc3c(n2)-c2cccnc2Nc2cnccc2-3)c1. The second-order valence-corrected chi connectivity index (χ2v) is 6.82. The average Bonchev–Trinajstić information content (AvgIpc) is 2.87. The minimum atomic E-state index is 0.547. The van der Waals surface area contributed by atoms with Gasteiger partial charge in [-0.15, -0.1) is 0 Å². The summed E-state index contributed by atoms with van der Waals surface area (Å²) in [5.74, 6) is 1.29. The molecule has 4 aromatic rings. The molecule has 4 heterocycles. The number of rotatable bonds is 3. The second-order valence-electron chi connectivity index (χ2n) is 6.39. The summed E-state index contributed by atoms with van der Waals surface area (Å²) < 4.78 is 0. The van der Waals surface area contributed by atoms with Crippen molar-refractivity contribution in [2.24, 2.45) is 0 Å². The number of hydrogen-bond acceptors (Lipinski definition) is 6. The molecular weight excluding hydrogens is 372 g/mol. The van der Waals surface area contributed by atoms with E-state index >= 15 is 0 Å². The van der Waals surface area contributed by atoms with Gasteiger partial charge in [-0.25, -0.2) is 15.0 Å². The van der Waals surface area contributed by atoms with Gasteiger partial charge < -0.3 is 10.6 Å². The first kappa shape index (κ1) is 16.6. The van der Waals surface area contributed by atoms with Gasteiger partial charge in [0.25, 0.3) is 0 Å². The van der Waals surface area contributed by atoms with E-state index in [-0.39, 0.29) is 0 Å². The zero-order chi connectivity index (χ0) is 18.9. The standard InChI is InChI=1S/C21H15ClN6/c22-14-4-1-3-13(9-14)10-25-21-26-11-17-15-6-8-23-12-18(15)27-20-16(19(17)28-21)5-2-7-24-20/h1-9,11-12H,10H2,(H,24,27)(H,25,26,28). The van der Waals surface area contributed by atoms with Gasteiger partial charge in [0.15, 0.2) is 0 Å². The summed E-state index contributed by atoms with van der Waals surface area (Å²) in [5.41, 5.74) is 5.61. The van der Waals surface area contributed by atoms with Crippen LogP contribution in [0.2, 0.25) is 5.02 Å². The van der Waals surface area contributed by atoms with Gasteiger partial charge in [-0.3, -0.25) is 4.98 Å². The number of fused-ring (bicyclic) bond motifs is 5. The van der Waals surface area contributed by atoms with Crippen LogP contribution < -0.4 is 10.6 Å². The lowest BCUT2D eigenvalue weighted by molar-refractivity contribution is 1.06. The Labute approximate surface area is 166 Å². The van der Waals surface area contributed by atoms with E-state index in [0.717, 1.165) is 39.5 Å². The smallest absolute Gasteiger partial charge is 0.223 e. The molecule has 0 unspecified atom stereocenters. The fourth-order valence-electron chi connectivity index (χ4n) is 3.25. The number of anilines is 3. The third kappa shape index (κ3) is 3.04. The summed E-state index contributed by atoms with van der Waals surface area (Å²) in [6.07, 6.45) is 7.14. The van der Waals surface area contributed by atoms with Crippen LogP contribution in [0.15, 0.2) is 67.3 Å². The van der Waals surface area contributed by atoms with E-state index in [4.69, 9.17) is 16.6 Å². The van der Waals surface area contributed by atoms with E-state index in [0.29, 0.717) is 17.5 Å². The fourth-order valence-corrected chi connectivity index (χ4v) is 3.46. The molecule has 0 atom stereocenters. The van der Waals surface area contributed by atoms with E-state index < -0.39 is 0 Å². The molecule has 0 saturated carbocycles. The van der Waals surface area contributed by atoms with Crippen LogP contribution >= 0.6 is 11.6 Å². The van der Waals surface area contributed by atoms with Gasteiger partial charge in [-0.05, 0) is 35.9 Å². The zero-order valence-corrected chi connectivity index (χ0v) is 15.5.